The lowest BCUT2D eigenvalue weighted by Gasteiger charge is -2.27. The minimum absolute atomic E-state index is 0.111. The van der Waals surface area contributed by atoms with Crippen molar-refractivity contribution in [2.24, 2.45) is 17.6 Å². The Morgan fingerprint density at radius 2 is 1.82 bits per heavy atom. The van der Waals surface area contributed by atoms with E-state index in [1.54, 1.807) is 6.92 Å². The molecule has 3 fully saturated rings. The summed E-state index contributed by atoms with van der Waals surface area (Å²) in [5.41, 5.74) is 7.32. The van der Waals surface area contributed by atoms with Gasteiger partial charge in [-0.3, -0.25) is 19.3 Å². The zero-order chi connectivity index (χ0) is 26.8. The van der Waals surface area contributed by atoms with E-state index in [2.05, 4.69) is 38.7 Å². The average molecular weight is 519 g/mol. The van der Waals surface area contributed by atoms with Crippen LogP contribution in [0.3, 0.4) is 0 Å². The van der Waals surface area contributed by atoms with Crippen LogP contribution in [0.5, 0.6) is 0 Å². The van der Waals surface area contributed by atoms with E-state index in [4.69, 9.17) is 5.73 Å². The van der Waals surface area contributed by atoms with Crippen molar-refractivity contribution in [3.8, 4) is 0 Å². The van der Waals surface area contributed by atoms with Crippen LogP contribution in [0.2, 0.25) is 0 Å². The van der Waals surface area contributed by atoms with Crippen LogP contribution in [-0.4, -0.2) is 89.3 Å². The van der Waals surface area contributed by atoms with Crippen LogP contribution in [0.4, 0.5) is 5.95 Å². The van der Waals surface area contributed by atoms with Crippen LogP contribution < -0.4 is 16.0 Å². The van der Waals surface area contributed by atoms with E-state index in [-0.39, 0.29) is 35.1 Å². The molecule has 1 radical (unpaired) electrons. The van der Waals surface area contributed by atoms with Gasteiger partial charge in [0, 0.05) is 39.6 Å². The summed E-state index contributed by atoms with van der Waals surface area (Å²) < 4.78 is 0. The van der Waals surface area contributed by atoms with Gasteiger partial charge >= 0.3 is 0 Å². The number of primary amides is 1. The van der Waals surface area contributed by atoms with Crippen LogP contribution in [0.15, 0.2) is 30.3 Å². The average Bonchev–Trinajstić information content (AvgIpc) is 3.61. The lowest BCUT2D eigenvalue weighted by molar-refractivity contribution is -0.117. The molecule has 10 heteroatoms. The van der Waals surface area contributed by atoms with Gasteiger partial charge in [0.1, 0.15) is 5.69 Å². The Labute approximate surface area is 223 Å². The molecule has 1 aromatic heterocycles. The van der Waals surface area contributed by atoms with E-state index < -0.39 is 5.91 Å². The highest BCUT2D eigenvalue weighted by atomic mass is 16.2. The molecule has 5 rings (SSSR count). The lowest BCUT2D eigenvalue weighted by atomic mass is 10.0. The number of carbonyl (C=O) groups excluding carboxylic acids is 3. The fraction of sp³-hybridized carbons (Fsp3) is 0.500. The number of nitrogens with one attached hydrogen (secondary N) is 1. The molecule has 2 unspecified atom stereocenters. The largest absolute Gasteiger partial charge is 0.364 e. The highest BCUT2D eigenvalue weighted by Gasteiger charge is 2.42. The van der Waals surface area contributed by atoms with Gasteiger partial charge in [0.2, 0.25) is 11.9 Å². The number of hydrogen-bond donors (Lipinski definition) is 2. The fourth-order valence-corrected chi connectivity index (χ4v) is 6.12. The van der Waals surface area contributed by atoms with Crippen molar-refractivity contribution < 1.29 is 14.4 Å². The third-order valence-corrected chi connectivity index (χ3v) is 7.95. The number of aryl methyl sites for hydroxylation is 1. The maximum atomic E-state index is 13.6. The molecule has 10 nitrogen and oxygen atoms in total. The first-order valence-corrected chi connectivity index (χ1v) is 13.4. The molecule has 3 amide bonds. The number of carbonyl (C=O) groups is 3. The van der Waals surface area contributed by atoms with Gasteiger partial charge in [-0.05, 0) is 56.7 Å². The first-order chi connectivity index (χ1) is 18.3. The molecule has 3 aliphatic rings. The molecular formula is C28H36N7O3. The predicted octanol–water partition coefficient (Wildman–Crippen LogP) is 1.25. The SMILES string of the molecule is CC(=O)N(c1nc(C)c(C(=O)N2CC3CN(CC[CH]c4ccccc4)CC3C2)c(C(N)=O)n1)[C@H]1CCNC1. The van der Waals surface area contributed by atoms with E-state index in [9.17, 15) is 14.4 Å². The van der Waals surface area contributed by atoms with Crippen molar-refractivity contribution >= 4 is 23.7 Å². The van der Waals surface area contributed by atoms with Crippen molar-refractivity contribution in [3.05, 3.63) is 59.3 Å². The standard InChI is InChI=1S/C28H36N7O3/c1-18-24(25(26(29)37)32-28(31-18)35(19(2)36)23-10-11-30-13-23)27(38)34-16-21-14-33(15-22(21)17-34)12-6-9-20-7-4-3-5-8-20/h3-5,7-9,21-23,30H,6,10-17H2,1-2H3,(H2,29,37)/t21?,22?,23-/m0/s1. The summed E-state index contributed by atoms with van der Waals surface area (Å²) in [6.45, 7) is 8.71. The molecule has 3 N–H and O–H groups in total. The van der Waals surface area contributed by atoms with Gasteiger partial charge in [-0.2, -0.15) is 0 Å². The first kappa shape index (κ1) is 26.2. The number of rotatable bonds is 8. The van der Waals surface area contributed by atoms with Crippen LogP contribution in [-0.2, 0) is 4.79 Å². The van der Waals surface area contributed by atoms with Crippen molar-refractivity contribution in [1.29, 1.82) is 0 Å². The lowest BCUT2D eigenvalue weighted by Crippen LogP contribution is -2.42. The number of nitrogens with two attached hydrogens (primary N) is 1. The first-order valence-electron chi connectivity index (χ1n) is 13.4. The van der Waals surface area contributed by atoms with Crippen LogP contribution >= 0.6 is 0 Å². The van der Waals surface area contributed by atoms with Gasteiger partial charge in [-0.1, -0.05) is 30.3 Å². The second-order valence-corrected chi connectivity index (χ2v) is 10.6. The summed E-state index contributed by atoms with van der Waals surface area (Å²) in [6, 6.07) is 10.2. The molecule has 3 saturated heterocycles. The Bertz CT molecular complexity index is 1180. The highest BCUT2D eigenvalue weighted by molar-refractivity contribution is 6.06. The molecule has 1 aromatic carbocycles. The number of fused-ring (bicyclic) bond motifs is 1. The van der Waals surface area contributed by atoms with Crippen molar-refractivity contribution in [1.82, 2.24) is 25.1 Å². The zero-order valence-corrected chi connectivity index (χ0v) is 22.1. The van der Waals surface area contributed by atoms with E-state index in [0.717, 1.165) is 39.0 Å². The summed E-state index contributed by atoms with van der Waals surface area (Å²) in [7, 11) is 0. The van der Waals surface area contributed by atoms with E-state index in [1.807, 2.05) is 23.1 Å². The van der Waals surface area contributed by atoms with Crippen molar-refractivity contribution in [2.75, 3.05) is 50.7 Å². The summed E-state index contributed by atoms with van der Waals surface area (Å²) in [4.78, 5) is 53.2. The number of hydrogen-bond acceptors (Lipinski definition) is 7. The van der Waals surface area contributed by atoms with E-state index >= 15 is 0 Å². The molecule has 0 bridgehead atoms. The van der Waals surface area contributed by atoms with Crippen LogP contribution in [0, 0.1) is 25.2 Å². The van der Waals surface area contributed by atoms with E-state index in [0.29, 0.717) is 37.2 Å². The molecule has 201 valence electrons. The summed E-state index contributed by atoms with van der Waals surface area (Å²) in [5, 5.41) is 3.23. The summed E-state index contributed by atoms with van der Waals surface area (Å²) in [5.74, 6) is -0.361. The van der Waals surface area contributed by atoms with Gasteiger partial charge in [-0.25, -0.2) is 9.97 Å². The monoisotopic (exact) mass is 518 g/mol. The minimum Gasteiger partial charge on any atom is -0.364 e. The van der Waals surface area contributed by atoms with Gasteiger partial charge < -0.3 is 20.9 Å². The Morgan fingerprint density at radius 1 is 1.11 bits per heavy atom. The van der Waals surface area contributed by atoms with E-state index in [1.165, 1.54) is 17.4 Å². The molecule has 4 heterocycles. The molecule has 0 spiro atoms. The maximum Gasteiger partial charge on any atom is 0.268 e. The number of amides is 3. The smallest absolute Gasteiger partial charge is 0.268 e. The number of nitrogens with zero attached hydrogens (tertiary/aromatic N) is 5. The van der Waals surface area contributed by atoms with Crippen LogP contribution in [0.25, 0.3) is 0 Å². The number of anilines is 1. The molecule has 0 aliphatic carbocycles. The van der Waals surface area contributed by atoms with Gasteiger partial charge in [0.15, 0.2) is 0 Å². The highest BCUT2D eigenvalue weighted by Crippen LogP contribution is 2.33. The molecule has 0 saturated carbocycles. The maximum absolute atomic E-state index is 13.6. The zero-order valence-electron chi connectivity index (χ0n) is 22.1. The van der Waals surface area contributed by atoms with Crippen molar-refractivity contribution in [3.63, 3.8) is 0 Å². The van der Waals surface area contributed by atoms with Crippen molar-refractivity contribution in [2.45, 2.75) is 32.7 Å². The normalized spacial score (nSPS) is 23.0. The number of benzene rings is 1. The molecular weight excluding hydrogens is 482 g/mol. The topological polar surface area (TPSA) is 125 Å². The Kier molecular flexibility index (Phi) is 7.71. The Hall–Kier alpha value is -3.37. The predicted molar refractivity (Wildman–Crippen MR) is 144 cm³/mol. The minimum atomic E-state index is -0.798. The molecule has 38 heavy (non-hydrogen) atoms. The van der Waals surface area contributed by atoms with Gasteiger partial charge in [0.25, 0.3) is 11.8 Å². The number of aromatic nitrogens is 2. The molecule has 2 aromatic rings. The quantitative estimate of drug-likeness (QED) is 0.539. The fourth-order valence-electron chi connectivity index (χ4n) is 6.12. The van der Waals surface area contributed by atoms with Gasteiger partial charge in [0.05, 0.1) is 17.3 Å². The molecule has 3 aliphatic heterocycles. The second kappa shape index (κ2) is 11.2. The second-order valence-electron chi connectivity index (χ2n) is 10.6. The summed E-state index contributed by atoms with van der Waals surface area (Å²) >= 11 is 0. The summed E-state index contributed by atoms with van der Waals surface area (Å²) in [6.07, 6.45) is 4.01. The third-order valence-electron chi connectivity index (χ3n) is 7.95. The van der Waals surface area contributed by atoms with Gasteiger partial charge in [-0.15, -0.1) is 0 Å². The number of likely N-dealkylation sites (tertiary alicyclic amines) is 2. The van der Waals surface area contributed by atoms with Crippen LogP contribution in [0.1, 0.15) is 51.9 Å². The Balaban J connectivity index is 1.25. The Morgan fingerprint density at radius 3 is 2.42 bits per heavy atom. The third kappa shape index (κ3) is 5.42. The molecule has 3 atom stereocenters.